The summed E-state index contributed by atoms with van der Waals surface area (Å²) in [7, 11) is 1.74. The Morgan fingerprint density at radius 2 is 2.31 bits per heavy atom. The number of rotatable bonds is 1. The van der Waals surface area contributed by atoms with Crippen molar-refractivity contribution in [3.05, 3.63) is 17.6 Å². The number of aromatic nitrogens is 4. The molecule has 0 saturated carbocycles. The Labute approximate surface area is 74.4 Å². The molecule has 0 aliphatic heterocycles. The monoisotopic (exact) mass is 176 g/mol. The van der Waals surface area contributed by atoms with Gasteiger partial charge in [-0.2, -0.15) is 5.10 Å². The van der Waals surface area contributed by atoms with Crippen LogP contribution >= 0.6 is 0 Å². The second-order valence-corrected chi connectivity index (χ2v) is 2.85. The van der Waals surface area contributed by atoms with Crippen LogP contribution in [0.3, 0.4) is 0 Å². The highest BCUT2D eigenvalue weighted by atomic mass is 16.1. The number of aldehydes is 1. The number of fused-ring (bicyclic) bond motifs is 1. The summed E-state index contributed by atoms with van der Waals surface area (Å²) in [4.78, 5) is 14.7. The van der Waals surface area contributed by atoms with Crippen molar-refractivity contribution < 1.29 is 4.79 Å². The van der Waals surface area contributed by atoms with Crippen LogP contribution in [0.2, 0.25) is 0 Å². The molecule has 0 aliphatic carbocycles. The van der Waals surface area contributed by atoms with Crippen molar-refractivity contribution in [2.24, 2.45) is 7.05 Å². The number of aryl methyl sites for hydroxylation is 2. The van der Waals surface area contributed by atoms with Crippen molar-refractivity contribution in [2.75, 3.05) is 0 Å². The van der Waals surface area contributed by atoms with E-state index in [4.69, 9.17) is 0 Å². The first-order valence-corrected chi connectivity index (χ1v) is 3.84. The molecule has 2 aromatic heterocycles. The zero-order valence-electron chi connectivity index (χ0n) is 7.35. The molecule has 66 valence electrons. The maximum Gasteiger partial charge on any atom is 0.185 e. The molecule has 2 heterocycles. The van der Waals surface area contributed by atoms with Crippen LogP contribution in [0.25, 0.3) is 11.2 Å². The molecule has 2 rings (SSSR count). The van der Waals surface area contributed by atoms with Crippen LogP contribution in [-0.2, 0) is 7.05 Å². The van der Waals surface area contributed by atoms with Gasteiger partial charge in [-0.25, -0.2) is 4.98 Å². The summed E-state index contributed by atoms with van der Waals surface area (Å²) in [5, 5.41) is 7.70. The fraction of sp³-hybridized carbons (Fsp3) is 0.250. The third kappa shape index (κ3) is 1.00. The van der Waals surface area contributed by atoms with Crippen molar-refractivity contribution in [2.45, 2.75) is 6.92 Å². The lowest BCUT2D eigenvalue weighted by atomic mass is 10.3. The molecule has 0 fully saturated rings. The summed E-state index contributed by atoms with van der Waals surface area (Å²) >= 11 is 0. The Morgan fingerprint density at radius 1 is 1.54 bits per heavy atom. The summed E-state index contributed by atoms with van der Waals surface area (Å²) < 4.78 is 1.63. The topological polar surface area (TPSA) is 60.7 Å². The molecule has 0 N–H and O–H groups in total. The highest BCUT2D eigenvalue weighted by molar-refractivity contribution is 5.81. The van der Waals surface area contributed by atoms with Crippen LogP contribution in [0.4, 0.5) is 0 Å². The van der Waals surface area contributed by atoms with Crippen molar-refractivity contribution in [1.82, 2.24) is 19.7 Å². The number of carbonyl (C=O) groups is 1. The van der Waals surface area contributed by atoms with Gasteiger partial charge in [-0.1, -0.05) is 0 Å². The first-order valence-electron chi connectivity index (χ1n) is 3.84. The summed E-state index contributed by atoms with van der Waals surface area (Å²) in [5.41, 5.74) is 2.30. The summed E-state index contributed by atoms with van der Waals surface area (Å²) in [6, 6.07) is 0. The Morgan fingerprint density at radius 3 is 2.92 bits per heavy atom. The summed E-state index contributed by atoms with van der Waals surface area (Å²) in [6.45, 7) is 1.89. The third-order valence-electron chi connectivity index (χ3n) is 1.98. The molecule has 0 aliphatic rings. The molecule has 0 amide bonds. The lowest BCUT2D eigenvalue weighted by Crippen LogP contribution is -1.96. The van der Waals surface area contributed by atoms with Crippen molar-refractivity contribution in [3.8, 4) is 0 Å². The van der Waals surface area contributed by atoms with Gasteiger partial charge in [0.15, 0.2) is 17.8 Å². The van der Waals surface area contributed by atoms with Crippen LogP contribution in [0.1, 0.15) is 16.2 Å². The van der Waals surface area contributed by atoms with Crippen molar-refractivity contribution in [3.63, 3.8) is 0 Å². The van der Waals surface area contributed by atoms with E-state index in [0.717, 1.165) is 11.1 Å². The molecular formula is C8H8N4O. The van der Waals surface area contributed by atoms with Gasteiger partial charge in [-0.05, 0) is 12.5 Å². The first kappa shape index (κ1) is 7.85. The minimum absolute atomic E-state index is 0.374. The van der Waals surface area contributed by atoms with Gasteiger partial charge >= 0.3 is 0 Å². The van der Waals surface area contributed by atoms with E-state index in [-0.39, 0.29) is 0 Å². The van der Waals surface area contributed by atoms with Gasteiger partial charge < -0.3 is 4.57 Å². The largest absolute Gasteiger partial charge is 0.308 e. The number of carbonyl (C=O) groups excluding carboxylic acids is 1. The SMILES string of the molecule is Cc1cnnc2c1nc(C=O)n2C. The highest BCUT2D eigenvalue weighted by Gasteiger charge is 2.09. The van der Waals surface area contributed by atoms with Crippen LogP contribution in [0.15, 0.2) is 6.20 Å². The second kappa shape index (κ2) is 2.62. The fourth-order valence-corrected chi connectivity index (χ4v) is 1.22. The van der Waals surface area contributed by atoms with Crippen molar-refractivity contribution in [1.29, 1.82) is 0 Å². The Kier molecular flexibility index (Phi) is 1.58. The number of nitrogens with zero attached hydrogens (tertiary/aromatic N) is 4. The van der Waals surface area contributed by atoms with Gasteiger partial charge in [0, 0.05) is 7.05 Å². The molecule has 0 radical (unpaired) electrons. The second-order valence-electron chi connectivity index (χ2n) is 2.85. The predicted octanol–water partition coefficient (Wildman–Crippen LogP) is 0.484. The molecule has 0 atom stereocenters. The smallest absolute Gasteiger partial charge is 0.185 e. The van der Waals surface area contributed by atoms with Gasteiger partial charge in [0.05, 0.1) is 6.20 Å². The molecule has 5 nitrogen and oxygen atoms in total. The van der Waals surface area contributed by atoms with Gasteiger partial charge in [0.2, 0.25) is 0 Å². The molecule has 0 saturated heterocycles. The molecule has 0 unspecified atom stereocenters. The zero-order chi connectivity index (χ0) is 9.42. The van der Waals surface area contributed by atoms with E-state index in [1.54, 1.807) is 17.8 Å². The van der Waals surface area contributed by atoms with Crippen LogP contribution in [0, 0.1) is 6.92 Å². The minimum Gasteiger partial charge on any atom is -0.308 e. The summed E-state index contributed by atoms with van der Waals surface area (Å²) in [5.74, 6) is 0.374. The first-order chi connectivity index (χ1) is 6.24. The molecule has 0 aromatic carbocycles. The van der Waals surface area contributed by atoms with E-state index < -0.39 is 0 Å². The van der Waals surface area contributed by atoms with Gasteiger partial charge in [-0.15, -0.1) is 5.10 Å². The maximum atomic E-state index is 10.6. The lowest BCUT2D eigenvalue weighted by Gasteiger charge is -1.93. The van der Waals surface area contributed by atoms with E-state index in [1.807, 2.05) is 6.92 Å². The predicted molar refractivity (Wildman–Crippen MR) is 46.4 cm³/mol. The lowest BCUT2D eigenvalue weighted by molar-refractivity contribution is 0.111. The van der Waals surface area contributed by atoms with Gasteiger partial charge in [0.1, 0.15) is 5.52 Å². The average molecular weight is 176 g/mol. The standard InChI is InChI=1S/C8H8N4O/c1-5-3-9-11-8-7(5)10-6(4-13)12(8)2/h3-4H,1-2H3. The molecule has 13 heavy (non-hydrogen) atoms. The number of hydrogen-bond donors (Lipinski definition) is 0. The quantitative estimate of drug-likeness (QED) is 0.593. The molecular weight excluding hydrogens is 168 g/mol. The van der Waals surface area contributed by atoms with E-state index in [0.29, 0.717) is 17.8 Å². The van der Waals surface area contributed by atoms with E-state index in [1.165, 1.54) is 0 Å². The van der Waals surface area contributed by atoms with E-state index in [2.05, 4.69) is 15.2 Å². The van der Waals surface area contributed by atoms with Crippen LogP contribution in [-0.4, -0.2) is 26.0 Å². The van der Waals surface area contributed by atoms with Crippen LogP contribution in [0.5, 0.6) is 0 Å². The highest BCUT2D eigenvalue weighted by Crippen LogP contribution is 2.13. The minimum atomic E-state index is 0.374. The average Bonchev–Trinajstić information content (AvgIpc) is 2.45. The maximum absolute atomic E-state index is 10.6. The van der Waals surface area contributed by atoms with E-state index >= 15 is 0 Å². The molecule has 0 spiro atoms. The number of imidazole rings is 1. The summed E-state index contributed by atoms with van der Waals surface area (Å²) in [6.07, 6.45) is 2.34. The Bertz CT molecular complexity index is 474. The molecule has 0 bridgehead atoms. The Balaban J connectivity index is 2.91. The number of hydrogen-bond acceptors (Lipinski definition) is 4. The molecule has 5 heteroatoms. The van der Waals surface area contributed by atoms with Crippen molar-refractivity contribution >= 4 is 17.5 Å². The molecule has 2 aromatic rings. The Hall–Kier alpha value is -1.78. The third-order valence-corrected chi connectivity index (χ3v) is 1.98. The van der Waals surface area contributed by atoms with Crippen LogP contribution < -0.4 is 0 Å². The normalized spacial score (nSPS) is 10.6. The van der Waals surface area contributed by atoms with Gasteiger partial charge in [0.25, 0.3) is 0 Å². The van der Waals surface area contributed by atoms with E-state index in [9.17, 15) is 4.79 Å². The zero-order valence-corrected chi connectivity index (χ0v) is 7.35. The van der Waals surface area contributed by atoms with Gasteiger partial charge in [-0.3, -0.25) is 4.79 Å². The fourth-order valence-electron chi connectivity index (χ4n) is 1.22.